The molecular formula is C28H23N3O. The number of aromatic nitrogens is 2. The minimum absolute atomic E-state index is 0.0614. The summed E-state index contributed by atoms with van der Waals surface area (Å²) in [4.78, 5) is 18.2. The van der Waals surface area contributed by atoms with Crippen LogP contribution in [0.5, 0.6) is 0 Å². The van der Waals surface area contributed by atoms with Gasteiger partial charge in [-0.15, -0.1) is 0 Å². The zero-order valence-corrected chi connectivity index (χ0v) is 18.0. The number of pyridine rings is 2. The lowest BCUT2D eigenvalue weighted by molar-refractivity contribution is 1.09. The number of aryl methyl sites for hydroxylation is 2. The topological polar surface area (TPSA) is 46.9 Å². The first kappa shape index (κ1) is 19.8. The summed E-state index contributed by atoms with van der Waals surface area (Å²) in [5, 5.41) is 4.05. The predicted octanol–water partition coefficient (Wildman–Crippen LogP) is 6.41. The molecule has 5 rings (SSSR count). The largest absolute Gasteiger partial charge is 0.341 e. The second kappa shape index (κ2) is 8.16. The fourth-order valence-corrected chi connectivity index (χ4v) is 4.00. The summed E-state index contributed by atoms with van der Waals surface area (Å²) >= 11 is 0. The summed E-state index contributed by atoms with van der Waals surface area (Å²) in [5.41, 5.74) is 6.32. The van der Waals surface area contributed by atoms with Gasteiger partial charge in [-0.05, 0) is 44.2 Å². The first-order valence-electron chi connectivity index (χ1n) is 10.6. The zero-order chi connectivity index (χ0) is 22.1. The normalized spacial score (nSPS) is 10.9. The first-order chi connectivity index (χ1) is 15.6. The monoisotopic (exact) mass is 417 g/mol. The van der Waals surface area contributed by atoms with E-state index >= 15 is 0 Å². The third kappa shape index (κ3) is 3.67. The van der Waals surface area contributed by atoms with Crippen LogP contribution in [0.3, 0.4) is 0 Å². The Hall–Kier alpha value is -4.18. The molecule has 156 valence electrons. The van der Waals surface area contributed by atoms with Crippen LogP contribution in [0, 0.1) is 13.8 Å². The predicted molar refractivity (Wildman–Crippen MR) is 132 cm³/mol. The van der Waals surface area contributed by atoms with Crippen LogP contribution >= 0.6 is 0 Å². The van der Waals surface area contributed by atoms with E-state index in [2.05, 4.69) is 16.8 Å². The minimum atomic E-state index is -0.0614. The number of rotatable bonds is 4. The molecule has 4 heteroatoms. The van der Waals surface area contributed by atoms with Gasteiger partial charge in [0.05, 0.1) is 16.6 Å². The van der Waals surface area contributed by atoms with Crippen LogP contribution in [0.15, 0.2) is 102 Å². The van der Waals surface area contributed by atoms with E-state index in [0.29, 0.717) is 16.9 Å². The number of benzene rings is 3. The van der Waals surface area contributed by atoms with E-state index in [-0.39, 0.29) is 5.43 Å². The van der Waals surface area contributed by atoms with E-state index in [1.54, 1.807) is 6.07 Å². The van der Waals surface area contributed by atoms with E-state index in [1.807, 2.05) is 97.9 Å². The van der Waals surface area contributed by atoms with Gasteiger partial charge in [0.1, 0.15) is 5.82 Å². The van der Waals surface area contributed by atoms with Crippen molar-refractivity contribution in [3.63, 3.8) is 0 Å². The Morgan fingerprint density at radius 3 is 2.12 bits per heavy atom. The van der Waals surface area contributed by atoms with Crippen molar-refractivity contribution in [3.8, 4) is 16.9 Å². The maximum atomic E-state index is 13.5. The molecule has 0 aliphatic rings. The molecule has 0 bridgehead atoms. The smallest absolute Gasteiger partial charge is 0.193 e. The van der Waals surface area contributed by atoms with E-state index in [9.17, 15) is 4.79 Å². The van der Waals surface area contributed by atoms with Crippen LogP contribution in [0.25, 0.3) is 27.8 Å². The molecule has 0 saturated heterocycles. The Bertz CT molecular complexity index is 1450. The standard InChI is InChI=1S/C28H23N3O/c1-19-13-15-21(16-14-19)28-27-24(17-20(2)29-28)31(23-11-7-4-8-12-23)26(18-25(27)32)30-22-9-5-3-6-10-22/h3-18,30H,1-2H3. The van der Waals surface area contributed by atoms with Gasteiger partial charge in [-0.25, -0.2) is 0 Å². The number of hydrogen-bond acceptors (Lipinski definition) is 3. The number of fused-ring (bicyclic) bond motifs is 1. The highest BCUT2D eigenvalue weighted by molar-refractivity contribution is 5.95. The highest BCUT2D eigenvalue weighted by atomic mass is 16.1. The molecule has 0 amide bonds. The first-order valence-corrected chi connectivity index (χ1v) is 10.6. The molecule has 0 unspecified atom stereocenters. The number of para-hydroxylation sites is 2. The van der Waals surface area contributed by atoms with Crippen LogP contribution < -0.4 is 10.7 Å². The summed E-state index contributed by atoms with van der Waals surface area (Å²) < 4.78 is 2.09. The van der Waals surface area contributed by atoms with Gasteiger partial charge in [-0.1, -0.05) is 66.2 Å². The van der Waals surface area contributed by atoms with Crippen LogP contribution in [0.1, 0.15) is 11.3 Å². The number of nitrogens with one attached hydrogen (secondary N) is 1. The van der Waals surface area contributed by atoms with Gasteiger partial charge in [-0.3, -0.25) is 14.3 Å². The van der Waals surface area contributed by atoms with Gasteiger partial charge in [0, 0.05) is 28.7 Å². The fourth-order valence-electron chi connectivity index (χ4n) is 4.00. The van der Waals surface area contributed by atoms with Gasteiger partial charge in [0.15, 0.2) is 5.43 Å². The molecule has 0 spiro atoms. The molecule has 5 aromatic rings. The van der Waals surface area contributed by atoms with Crippen molar-refractivity contribution >= 4 is 22.4 Å². The molecular weight excluding hydrogens is 394 g/mol. The molecule has 0 radical (unpaired) electrons. The Morgan fingerprint density at radius 1 is 0.781 bits per heavy atom. The SMILES string of the molecule is Cc1ccc(-c2nc(C)cc3c2c(=O)cc(Nc2ccccc2)n3-c2ccccc2)cc1. The fraction of sp³-hybridized carbons (Fsp3) is 0.0714. The average Bonchev–Trinajstić information content (AvgIpc) is 2.80. The van der Waals surface area contributed by atoms with Gasteiger partial charge < -0.3 is 5.32 Å². The van der Waals surface area contributed by atoms with Gasteiger partial charge >= 0.3 is 0 Å². The van der Waals surface area contributed by atoms with Crippen molar-refractivity contribution in [1.29, 1.82) is 0 Å². The maximum Gasteiger partial charge on any atom is 0.193 e. The third-order valence-electron chi connectivity index (χ3n) is 5.51. The Balaban J connectivity index is 1.85. The Morgan fingerprint density at radius 2 is 1.44 bits per heavy atom. The second-order valence-corrected chi connectivity index (χ2v) is 7.93. The minimum Gasteiger partial charge on any atom is -0.341 e. The summed E-state index contributed by atoms with van der Waals surface area (Å²) in [6.45, 7) is 4.02. The number of nitrogens with zero attached hydrogens (tertiary/aromatic N) is 2. The van der Waals surface area contributed by atoms with Crippen molar-refractivity contribution in [1.82, 2.24) is 9.55 Å². The average molecular weight is 418 g/mol. The summed E-state index contributed by atoms with van der Waals surface area (Å²) in [6.07, 6.45) is 0. The van der Waals surface area contributed by atoms with Crippen LogP contribution in [-0.2, 0) is 0 Å². The van der Waals surface area contributed by atoms with Crippen molar-refractivity contribution in [2.45, 2.75) is 13.8 Å². The Kier molecular flexibility index (Phi) is 5.04. The summed E-state index contributed by atoms with van der Waals surface area (Å²) in [7, 11) is 0. The quantitative estimate of drug-likeness (QED) is 0.367. The van der Waals surface area contributed by atoms with E-state index in [4.69, 9.17) is 4.98 Å². The number of anilines is 2. The third-order valence-corrected chi connectivity index (χ3v) is 5.51. The second-order valence-electron chi connectivity index (χ2n) is 7.93. The molecule has 32 heavy (non-hydrogen) atoms. The van der Waals surface area contributed by atoms with Crippen molar-refractivity contribution in [3.05, 3.63) is 119 Å². The lowest BCUT2D eigenvalue weighted by Gasteiger charge is -2.20. The summed E-state index contributed by atoms with van der Waals surface area (Å²) in [5.74, 6) is 0.709. The highest BCUT2D eigenvalue weighted by Gasteiger charge is 2.17. The molecule has 0 saturated carbocycles. The van der Waals surface area contributed by atoms with Gasteiger partial charge in [0.2, 0.25) is 0 Å². The lowest BCUT2D eigenvalue weighted by atomic mass is 10.0. The molecule has 2 heterocycles. The molecule has 3 aromatic carbocycles. The van der Waals surface area contributed by atoms with E-state index in [1.165, 1.54) is 5.56 Å². The molecule has 2 aromatic heterocycles. The molecule has 0 aliphatic carbocycles. The number of hydrogen-bond donors (Lipinski definition) is 1. The summed E-state index contributed by atoms with van der Waals surface area (Å²) in [6, 6.07) is 31.8. The van der Waals surface area contributed by atoms with E-state index in [0.717, 1.165) is 28.1 Å². The lowest BCUT2D eigenvalue weighted by Crippen LogP contribution is -2.14. The molecule has 1 N–H and O–H groups in total. The van der Waals surface area contributed by atoms with Crippen molar-refractivity contribution in [2.75, 3.05) is 5.32 Å². The molecule has 0 atom stereocenters. The Labute approximate surface area is 186 Å². The van der Waals surface area contributed by atoms with Crippen LogP contribution in [-0.4, -0.2) is 9.55 Å². The molecule has 0 aliphatic heterocycles. The molecule has 0 fully saturated rings. The van der Waals surface area contributed by atoms with Gasteiger partial charge in [-0.2, -0.15) is 0 Å². The van der Waals surface area contributed by atoms with Crippen LogP contribution in [0.4, 0.5) is 11.5 Å². The van der Waals surface area contributed by atoms with Crippen LogP contribution in [0.2, 0.25) is 0 Å². The molecule has 4 nitrogen and oxygen atoms in total. The van der Waals surface area contributed by atoms with E-state index < -0.39 is 0 Å². The van der Waals surface area contributed by atoms with Gasteiger partial charge in [0.25, 0.3) is 0 Å². The van der Waals surface area contributed by atoms with Crippen molar-refractivity contribution < 1.29 is 0 Å². The highest BCUT2D eigenvalue weighted by Crippen LogP contribution is 2.30. The zero-order valence-electron chi connectivity index (χ0n) is 18.0. The van der Waals surface area contributed by atoms with Crippen molar-refractivity contribution in [2.24, 2.45) is 0 Å². The maximum absolute atomic E-state index is 13.5.